The molecule has 1 heterocycles. The molecule has 1 aliphatic heterocycles. The maximum absolute atomic E-state index is 12.5. The first-order valence-electron chi connectivity index (χ1n) is 9.28. The van der Waals surface area contributed by atoms with E-state index in [1.807, 2.05) is 41.3 Å². The Morgan fingerprint density at radius 1 is 1.08 bits per heavy atom. The Bertz CT molecular complexity index is 718. The Balaban J connectivity index is 1.43. The van der Waals surface area contributed by atoms with Gasteiger partial charge in [0, 0.05) is 32.4 Å². The van der Waals surface area contributed by atoms with Crippen LogP contribution in [0.2, 0.25) is 0 Å². The average molecular weight is 353 g/mol. The zero-order valence-corrected chi connectivity index (χ0v) is 15.6. The van der Waals surface area contributed by atoms with Gasteiger partial charge in [-0.05, 0) is 43.2 Å². The van der Waals surface area contributed by atoms with E-state index < -0.39 is 0 Å². The number of carbonyl (C=O) groups is 1. The highest BCUT2D eigenvalue weighted by Gasteiger charge is 2.23. The SMILES string of the molecule is COc1cccc(CCC(=O)N2CCC(Oc3ccc(C)cc3)CC2)c1. The van der Waals surface area contributed by atoms with E-state index in [-0.39, 0.29) is 12.0 Å². The van der Waals surface area contributed by atoms with E-state index >= 15 is 0 Å². The van der Waals surface area contributed by atoms with Gasteiger partial charge in [0.25, 0.3) is 0 Å². The molecule has 1 amide bonds. The second-order valence-electron chi connectivity index (χ2n) is 6.86. The number of hydrogen-bond acceptors (Lipinski definition) is 3. The van der Waals surface area contributed by atoms with Gasteiger partial charge in [-0.1, -0.05) is 29.8 Å². The van der Waals surface area contributed by atoms with Crippen molar-refractivity contribution in [1.82, 2.24) is 4.90 Å². The second kappa shape index (κ2) is 8.75. The highest BCUT2D eigenvalue weighted by atomic mass is 16.5. The van der Waals surface area contributed by atoms with Gasteiger partial charge in [0.2, 0.25) is 5.91 Å². The highest BCUT2D eigenvalue weighted by molar-refractivity contribution is 5.76. The lowest BCUT2D eigenvalue weighted by atomic mass is 10.1. The predicted octanol–water partition coefficient (Wildman–Crippen LogP) is 4.01. The molecule has 138 valence electrons. The lowest BCUT2D eigenvalue weighted by Gasteiger charge is -2.32. The van der Waals surface area contributed by atoms with Crippen molar-refractivity contribution < 1.29 is 14.3 Å². The Hall–Kier alpha value is -2.49. The number of piperidine rings is 1. The van der Waals surface area contributed by atoms with Gasteiger partial charge in [-0.25, -0.2) is 0 Å². The molecule has 0 radical (unpaired) electrons. The minimum Gasteiger partial charge on any atom is -0.497 e. The van der Waals surface area contributed by atoms with Crippen LogP contribution in [0.15, 0.2) is 48.5 Å². The van der Waals surface area contributed by atoms with Gasteiger partial charge in [0.05, 0.1) is 7.11 Å². The van der Waals surface area contributed by atoms with Crippen LogP contribution in [-0.4, -0.2) is 37.1 Å². The molecule has 1 saturated heterocycles. The van der Waals surface area contributed by atoms with Crippen LogP contribution < -0.4 is 9.47 Å². The van der Waals surface area contributed by atoms with Crippen molar-refractivity contribution in [3.63, 3.8) is 0 Å². The van der Waals surface area contributed by atoms with E-state index in [0.29, 0.717) is 6.42 Å². The van der Waals surface area contributed by atoms with E-state index in [1.54, 1.807) is 7.11 Å². The topological polar surface area (TPSA) is 38.8 Å². The van der Waals surface area contributed by atoms with Crippen molar-refractivity contribution in [1.29, 1.82) is 0 Å². The Morgan fingerprint density at radius 2 is 1.81 bits per heavy atom. The van der Waals surface area contributed by atoms with E-state index in [9.17, 15) is 4.79 Å². The Kier molecular flexibility index (Phi) is 6.16. The van der Waals surface area contributed by atoms with E-state index in [1.165, 1.54) is 5.56 Å². The van der Waals surface area contributed by atoms with Gasteiger partial charge in [0.15, 0.2) is 0 Å². The quantitative estimate of drug-likeness (QED) is 0.788. The van der Waals surface area contributed by atoms with Crippen LogP contribution in [0.5, 0.6) is 11.5 Å². The molecule has 1 fully saturated rings. The molecule has 4 heteroatoms. The zero-order chi connectivity index (χ0) is 18.4. The van der Waals surface area contributed by atoms with Crippen molar-refractivity contribution >= 4 is 5.91 Å². The molecule has 4 nitrogen and oxygen atoms in total. The third kappa shape index (κ3) is 5.01. The van der Waals surface area contributed by atoms with E-state index in [0.717, 1.165) is 49.4 Å². The monoisotopic (exact) mass is 353 g/mol. The molecule has 0 N–H and O–H groups in total. The lowest BCUT2D eigenvalue weighted by molar-refractivity contribution is -0.132. The van der Waals surface area contributed by atoms with E-state index in [4.69, 9.17) is 9.47 Å². The standard InChI is InChI=1S/C22H27NO3/c1-17-6-9-19(10-7-17)26-20-12-14-23(15-13-20)22(24)11-8-18-4-3-5-21(16-18)25-2/h3-7,9-10,16,20H,8,11-15H2,1-2H3. The van der Waals surface area contributed by atoms with Crippen LogP contribution in [0, 0.1) is 6.92 Å². The average Bonchev–Trinajstić information content (AvgIpc) is 2.68. The smallest absolute Gasteiger partial charge is 0.222 e. The summed E-state index contributed by atoms with van der Waals surface area (Å²) in [5.41, 5.74) is 2.36. The first-order chi connectivity index (χ1) is 12.6. The summed E-state index contributed by atoms with van der Waals surface area (Å²) < 4.78 is 11.3. The molecule has 0 bridgehead atoms. The lowest BCUT2D eigenvalue weighted by Crippen LogP contribution is -2.41. The molecule has 0 atom stereocenters. The predicted molar refractivity (Wildman–Crippen MR) is 103 cm³/mol. The maximum atomic E-state index is 12.5. The fraction of sp³-hybridized carbons (Fsp3) is 0.409. The van der Waals surface area contributed by atoms with Crippen LogP contribution in [0.1, 0.15) is 30.4 Å². The molecule has 3 rings (SSSR count). The van der Waals surface area contributed by atoms with Gasteiger partial charge in [-0.2, -0.15) is 0 Å². The first kappa shape index (κ1) is 18.3. The fourth-order valence-corrected chi connectivity index (χ4v) is 3.27. The molecule has 0 saturated carbocycles. The molecule has 2 aromatic rings. The first-order valence-corrected chi connectivity index (χ1v) is 9.28. The summed E-state index contributed by atoms with van der Waals surface area (Å²) in [6.45, 7) is 3.61. The van der Waals surface area contributed by atoms with Crippen molar-refractivity contribution in [3.8, 4) is 11.5 Å². The number of ether oxygens (including phenoxy) is 2. The van der Waals surface area contributed by atoms with Crippen molar-refractivity contribution in [2.75, 3.05) is 20.2 Å². The number of nitrogens with zero attached hydrogens (tertiary/aromatic N) is 1. The summed E-state index contributed by atoms with van der Waals surface area (Å²) >= 11 is 0. The molecule has 0 aliphatic carbocycles. The minimum atomic E-state index is 0.195. The largest absolute Gasteiger partial charge is 0.497 e. The fourth-order valence-electron chi connectivity index (χ4n) is 3.27. The van der Waals surface area contributed by atoms with Gasteiger partial charge < -0.3 is 14.4 Å². The number of aryl methyl sites for hydroxylation is 2. The number of amides is 1. The van der Waals surface area contributed by atoms with Crippen molar-refractivity contribution in [3.05, 3.63) is 59.7 Å². The molecule has 0 unspecified atom stereocenters. The Labute approximate surface area is 155 Å². The summed E-state index contributed by atoms with van der Waals surface area (Å²) in [5, 5.41) is 0. The minimum absolute atomic E-state index is 0.195. The number of carbonyl (C=O) groups excluding carboxylic acids is 1. The summed E-state index contributed by atoms with van der Waals surface area (Å²) in [5.74, 6) is 1.98. The third-order valence-corrected chi connectivity index (χ3v) is 4.88. The van der Waals surface area contributed by atoms with Gasteiger partial charge in [-0.15, -0.1) is 0 Å². The summed E-state index contributed by atoms with van der Waals surface area (Å²) in [6, 6.07) is 16.1. The second-order valence-corrected chi connectivity index (χ2v) is 6.86. The highest BCUT2D eigenvalue weighted by Crippen LogP contribution is 2.20. The molecular weight excluding hydrogens is 326 g/mol. The van der Waals surface area contributed by atoms with Gasteiger partial charge in [-0.3, -0.25) is 4.79 Å². The van der Waals surface area contributed by atoms with E-state index in [2.05, 4.69) is 19.1 Å². The third-order valence-electron chi connectivity index (χ3n) is 4.88. The molecule has 2 aromatic carbocycles. The van der Waals surface area contributed by atoms with Gasteiger partial charge in [0.1, 0.15) is 17.6 Å². The number of rotatable bonds is 6. The van der Waals surface area contributed by atoms with Crippen molar-refractivity contribution in [2.45, 2.75) is 38.7 Å². The summed E-state index contributed by atoms with van der Waals surface area (Å²) in [6.07, 6.45) is 3.25. The Morgan fingerprint density at radius 3 is 2.50 bits per heavy atom. The molecule has 26 heavy (non-hydrogen) atoms. The van der Waals surface area contributed by atoms with Crippen LogP contribution in [0.4, 0.5) is 0 Å². The van der Waals surface area contributed by atoms with Crippen LogP contribution in [0.3, 0.4) is 0 Å². The summed E-state index contributed by atoms with van der Waals surface area (Å²) in [4.78, 5) is 14.4. The van der Waals surface area contributed by atoms with Crippen molar-refractivity contribution in [2.24, 2.45) is 0 Å². The number of hydrogen-bond donors (Lipinski definition) is 0. The van der Waals surface area contributed by atoms with Gasteiger partial charge >= 0.3 is 0 Å². The molecule has 1 aliphatic rings. The van der Waals surface area contributed by atoms with Crippen LogP contribution >= 0.6 is 0 Å². The zero-order valence-electron chi connectivity index (χ0n) is 15.6. The number of benzene rings is 2. The number of likely N-dealkylation sites (tertiary alicyclic amines) is 1. The molecular formula is C22H27NO3. The molecule has 0 spiro atoms. The van der Waals surface area contributed by atoms with Crippen LogP contribution in [0.25, 0.3) is 0 Å². The number of methoxy groups -OCH3 is 1. The van der Waals surface area contributed by atoms with Crippen LogP contribution in [-0.2, 0) is 11.2 Å². The molecule has 0 aromatic heterocycles. The summed E-state index contributed by atoms with van der Waals surface area (Å²) in [7, 11) is 1.66. The maximum Gasteiger partial charge on any atom is 0.222 e. The normalized spacial score (nSPS) is 14.9.